The molecule has 0 aromatic carbocycles. The highest BCUT2D eigenvalue weighted by Crippen LogP contribution is 2.31. The Kier molecular flexibility index (Phi) is 3.54. The first kappa shape index (κ1) is 12.6. The smallest absolute Gasteiger partial charge is 0.346 e. The SMILES string of the molecule is CC1(C)CCN(Cc2ccsc2C(=O)O)CC1. The number of piperidine rings is 1. The van der Waals surface area contributed by atoms with Gasteiger partial charge in [-0.15, -0.1) is 11.3 Å². The summed E-state index contributed by atoms with van der Waals surface area (Å²) in [5.74, 6) is -0.799. The Morgan fingerprint density at radius 2 is 2.12 bits per heavy atom. The molecule has 1 fully saturated rings. The van der Waals surface area contributed by atoms with Crippen LogP contribution in [0.1, 0.15) is 41.9 Å². The zero-order valence-corrected chi connectivity index (χ0v) is 11.2. The first-order chi connectivity index (χ1) is 7.98. The summed E-state index contributed by atoms with van der Waals surface area (Å²) in [4.78, 5) is 13.9. The molecule has 3 nitrogen and oxygen atoms in total. The van der Waals surface area contributed by atoms with Crippen molar-refractivity contribution in [1.82, 2.24) is 4.90 Å². The van der Waals surface area contributed by atoms with Gasteiger partial charge in [0.1, 0.15) is 4.88 Å². The van der Waals surface area contributed by atoms with Gasteiger partial charge in [-0.1, -0.05) is 13.8 Å². The highest BCUT2D eigenvalue weighted by Gasteiger charge is 2.26. The fraction of sp³-hybridized carbons (Fsp3) is 0.615. The van der Waals surface area contributed by atoms with E-state index in [4.69, 9.17) is 5.11 Å². The topological polar surface area (TPSA) is 40.5 Å². The molecule has 1 saturated heterocycles. The third-order valence-electron chi connectivity index (χ3n) is 3.54. The minimum atomic E-state index is -0.799. The van der Waals surface area contributed by atoms with Crippen LogP contribution in [0.25, 0.3) is 0 Å². The fourth-order valence-electron chi connectivity index (χ4n) is 2.21. The van der Waals surface area contributed by atoms with E-state index in [0.717, 1.165) is 25.2 Å². The Bertz CT molecular complexity index is 401. The van der Waals surface area contributed by atoms with Crippen LogP contribution in [-0.4, -0.2) is 29.1 Å². The highest BCUT2D eigenvalue weighted by molar-refractivity contribution is 7.12. The van der Waals surface area contributed by atoms with Crippen LogP contribution in [0.3, 0.4) is 0 Å². The van der Waals surface area contributed by atoms with E-state index in [9.17, 15) is 4.79 Å². The number of hydrogen-bond donors (Lipinski definition) is 1. The second-order valence-corrected chi connectivity index (χ2v) is 6.44. The molecule has 0 amide bonds. The number of carboxylic acids is 1. The summed E-state index contributed by atoms with van der Waals surface area (Å²) in [6.45, 7) is 7.53. The molecule has 4 heteroatoms. The lowest BCUT2D eigenvalue weighted by molar-refractivity contribution is 0.0698. The van der Waals surface area contributed by atoms with Gasteiger partial charge in [-0.25, -0.2) is 4.79 Å². The van der Waals surface area contributed by atoms with Crippen LogP contribution in [0, 0.1) is 5.41 Å². The minimum absolute atomic E-state index is 0.445. The zero-order valence-electron chi connectivity index (χ0n) is 10.4. The largest absolute Gasteiger partial charge is 0.477 e. The molecule has 0 aliphatic carbocycles. The van der Waals surface area contributed by atoms with Crippen molar-refractivity contribution in [3.05, 3.63) is 21.9 Å². The van der Waals surface area contributed by atoms with Crippen LogP contribution in [0.2, 0.25) is 0 Å². The predicted octanol–water partition coefficient (Wildman–Crippen LogP) is 3.07. The molecule has 1 aliphatic heterocycles. The number of thiophene rings is 1. The summed E-state index contributed by atoms with van der Waals surface area (Å²) in [6, 6.07) is 1.94. The number of carboxylic acid groups (broad SMARTS) is 1. The van der Waals surface area contributed by atoms with E-state index in [2.05, 4.69) is 18.7 Å². The maximum Gasteiger partial charge on any atom is 0.346 e. The van der Waals surface area contributed by atoms with Gasteiger partial charge in [0.2, 0.25) is 0 Å². The van der Waals surface area contributed by atoms with E-state index in [1.165, 1.54) is 24.2 Å². The van der Waals surface area contributed by atoms with E-state index in [1.807, 2.05) is 11.4 Å². The summed E-state index contributed by atoms with van der Waals surface area (Å²) >= 11 is 1.32. The van der Waals surface area contributed by atoms with Gasteiger partial charge in [0.05, 0.1) is 0 Å². The van der Waals surface area contributed by atoms with Crippen LogP contribution in [0.4, 0.5) is 0 Å². The molecule has 1 aromatic heterocycles. The van der Waals surface area contributed by atoms with E-state index in [0.29, 0.717) is 10.3 Å². The number of nitrogens with zero attached hydrogens (tertiary/aromatic N) is 1. The molecule has 2 rings (SSSR count). The Morgan fingerprint density at radius 3 is 2.71 bits per heavy atom. The van der Waals surface area contributed by atoms with Crippen molar-refractivity contribution in [3.8, 4) is 0 Å². The van der Waals surface area contributed by atoms with Crippen molar-refractivity contribution in [1.29, 1.82) is 0 Å². The molecule has 0 radical (unpaired) electrons. The van der Waals surface area contributed by atoms with Gasteiger partial charge in [-0.2, -0.15) is 0 Å². The van der Waals surface area contributed by atoms with Gasteiger partial charge in [0.15, 0.2) is 0 Å². The van der Waals surface area contributed by atoms with E-state index >= 15 is 0 Å². The predicted molar refractivity (Wildman–Crippen MR) is 69.6 cm³/mol. The number of carbonyl (C=O) groups is 1. The van der Waals surface area contributed by atoms with E-state index in [-0.39, 0.29) is 0 Å². The first-order valence-electron chi connectivity index (χ1n) is 6.00. The molecule has 2 heterocycles. The molecule has 1 N–H and O–H groups in total. The molecule has 0 unspecified atom stereocenters. The Balaban J connectivity index is 1.98. The summed E-state index contributed by atoms with van der Waals surface area (Å²) in [5, 5.41) is 10.9. The van der Waals surface area contributed by atoms with Crippen molar-refractivity contribution < 1.29 is 9.90 Å². The van der Waals surface area contributed by atoms with E-state index < -0.39 is 5.97 Å². The van der Waals surface area contributed by atoms with E-state index in [1.54, 1.807) is 0 Å². The lowest BCUT2D eigenvalue weighted by Gasteiger charge is -2.36. The average Bonchev–Trinajstić information content (AvgIpc) is 2.69. The molecule has 1 aromatic rings. The van der Waals surface area contributed by atoms with Crippen molar-refractivity contribution in [2.45, 2.75) is 33.2 Å². The molecular weight excluding hydrogens is 234 g/mol. The van der Waals surface area contributed by atoms with Gasteiger partial charge >= 0.3 is 5.97 Å². The van der Waals surface area contributed by atoms with Crippen LogP contribution in [0.15, 0.2) is 11.4 Å². The Labute approximate surface area is 106 Å². The second kappa shape index (κ2) is 4.78. The highest BCUT2D eigenvalue weighted by atomic mass is 32.1. The van der Waals surface area contributed by atoms with Gasteiger partial charge < -0.3 is 5.11 Å². The Hall–Kier alpha value is -0.870. The summed E-state index contributed by atoms with van der Waals surface area (Å²) < 4.78 is 0. The zero-order chi connectivity index (χ0) is 12.5. The summed E-state index contributed by atoms with van der Waals surface area (Å²) in [7, 11) is 0. The van der Waals surface area contributed by atoms with Gasteiger partial charge in [0, 0.05) is 6.54 Å². The second-order valence-electron chi connectivity index (χ2n) is 5.52. The molecule has 0 saturated carbocycles. The molecule has 1 aliphatic rings. The van der Waals surface area contributed by atoms with Crippen molar-refractivity contribution >= 4 is 17.3 Å². The number of aromatic carboxylic acids is 1. The molecule has 0 spiro atoms. The average molecular weight is 253 g/mol. The lowest BCUT2D eigenvalue weighted by atomic mass is 9.82. The van der Waals surface area contributed by atoms with Gasteiger partial charge in [0.25, 0.3) is 0 Å². The summed E-state index contributed by atoms with van der Waals surface area (Å²) in [6.07, 6.45) is 2.39. The number of likely N-dealkylation sites (tertiary alicyclic amines) is 1. The van der Waals surface area contributed by atoms with Crippen LogP contribution < -0.4 is 0 Å². The minimum Gasteiger partial charge on any atom is -0.477 e. The normalized spacial score (nSPS) is 20.4. The van der Waals surface area contributed by atoms with Crippen molar-refractivity contribution in [3.63, 3.8) is 0 Å². The van der Waals surface area contributed by atoms with Crippen LogP contribution >= 0.6 is 11.3 Å². The maximum absolute atomic E-state index is 11.0. The third kappa shape index (κ3) is 3.07. The molecule has 17 heavy (non-hydrogen) atoms. The molecule has 94 valence electrons. The van der Waals surface area contributed by atoms with Gasteiger partial charge in [-0.3, -0.25) is 4.90 Å². The third-order valence-corrected chi connectivity index (χ3v) is 4.49. The monoisotopic (exact) mass is 253 g/mol. The number of hydrogen-bond acceptors (Lipinski definition) is 3. The van der Waals surface area contributed by atoms with Crippen molar-refractivity contribution in [2.24, 2.45) is 5.41 Å². The van der Waals surface area contributed by atoms with Crippen LogP contribution in [0.5, 0.6) is 0 Å². The van der Waals surface area contributed by atoms with Crippen LogP contribution in [-0.2, 0) is 6.54 Å². The number of rotatable bonds is 3. The fourth-order valence-corrected chi connectivity index (χ4v) is 2.96. The molecule has 0 atom stereocenters. The molecular formula is C13H19NO2S. The van der Waals surface area contributed by atoms with Gasteiger partial charge in [-0.05, 0) is 48.4 Å². The maximum atomic E-state index is 11.0. The standard InChI is InChI=1S/C13H19NO2S/c1-13(2)4-6-14(7-5-13)9-10-3-8-17-11(10)12(15)16/h3,8H,4-7,9H2,1-2H3,(H,15,16). The first-order valence-corrected chi connectivity index (χ1v) is 6.88. The summed E-state index contributed by atoms with van der Waals surface area (Å²) in [5.41, 5.74) is 1.41. The Morgan fingerprint density at radius 1 is 1.47 bits per heavy atom. The molecule has 0 bridgehead atoms. The quantitative estimate of drug-likeness (QED) is 0.900. The van der Waals surface area contributed by atoms with Crippen molar-refractivity contribution in [2.75, 3.05) is 13.1 Å². The lowest BCUT2D eigenvalue weighted by Crippen LogP contribution is -2.36.